The number of hydrogen-bond acceptors (Lipinski definition) is 4. The summed E-state index contributed by atoms with van der Waals surface area (Å²) in [6.07, 6.45) is 6.80. The van der Waals surface area contributed by atoms with Crippen LogP contribution in [0.4, 0.5) is 11.4 Å². The first-order valence-electron chi connectivity index (χ1n) is 9.42. The van der Waals surface area contributed by atoms with Crippen LogP contribution in [0.3, 0.4) is 0 Å². The quantitative estimate of drug-likeness (QED) is 0.518. The second kappa shape index (κ2) is 8.44. The molecule has 2 aromatic heterocycles. The zero-order valence-electron chi connectivity index (χ0n) is 16.3. The second-order valence-corrected chi connectivity index (χ2v) is 6.65. The number of benzene rings is 2. The normalized spacial score (nSPS) is 11.6. The number of nitrogens with one attached hydrogen (secondary N) is 2. The number of rotatable bonds is 6. The molecule has 30 heavy (non-hydrogen) atoms. The van der Waals surface area contributed by atoms with Gasteiger partial charge in [-0.15, -0.1) is 0 Å². The van der Waals surface area contributed by atoms with E-state index in [1.807, 2.05) is 12.1 Å². The second-order valence-electron chi connectivity index (χ2n) is 6.65. The average molecular weight is 400 g/mol. The van der Waals surface area contributed by atoms with Crippen LogP contribution < -0.4 is 10.6 Å². The van der Waals surface area contributed by atoms with Gasteiger partial charge in [-0.25, -0.2) is 4.68 Å². The third kappa shape index (κ3) is 4.12. The fourth-order valence-electron chi connectivity index (χ4n) is 3.03. The Labute approximate surface area is 173 Å². The summed E-state index contributed by atoms with van der Waals surface area (Å²) < 4.78 is 3.22. The van der Waals surface area contributed by atoms with Crippen LogP contribution in [0.25, 0.3) is 5.69 Å². The van der Waals surface area contributed by atoms with Gasteiger partial charge in [0.05, 0.1) is 11.3 Å². The first kappa shape index (κ1) is 19.1. The van der Waals surface area contributed by atoms with Gasteiger partial charge in [0.25, 0.3) is 5.91 Å². The molecule has 4 aromatic rings. The molecule has 1 atom stereocenters. The smallest absolute Gasteiger partial charge is 0.257 e. The van der Waals surface area contributed by atoms with Gasteiger partial charge in [0.2, 0.25) is 5.91 Å². The van der Waals surface area contributed by atoms with E-state index in [4.69, 9.17) is 0 Å². The number of carbonyl (C=O) groups is 2. The number of aromatic nitrogens is 4. The van der Waals surface area contributed by atoms with Gasteiger partial charge in [-0.2, -0.15) is 10.2 Å². The van der Waals surface area contributed by atoms with Crippen molar-refractivity contribution in [2.45, 2.75) is 13.0 Å². The van der Waals surface area contributed by atoms with Crippen molar-refractivity contribution in [3.8, 4) is 5.69 Å². The first-order chi connectivity index (χ1) is 14.6. The monoisotopic (exact) mass is 400 g/mol. The standard InChI is InChI=1S/C22H20N6O2/c1-16(27-13-5-11-23-27)21(29)25-17-7-4-8-18(15-17)26-22(30)19-9-2-3-10-20(19)28-14-6-12-24-28/h2-16H,1H3,(H,25,29)(H,26,30). The summed E-state index contributed by atoms with van der Waals surface area (Å²) in [5.41, 5.74) is 2.32. The Morgan fingerprint density at radius 3 is 2.33 bits per heavy atom. The van der Waals surface area contributed by atoms with E-state index in [2.05, 4.69) is 20.8 Å². The molecule has 0 fully saturated rings. The van der Waals surface area contributed by atoms with Crippen molar-refractivity contribution in [1.82, 2.24) is 19.6 Å². The molecule has 2 N–H and O–H groups in total. The largest absolute Gasteiger partial charge is 0.324 e. The Hall–Kier alpha value is -4.20. The Bertz CT molecular complexity index is 1150. The summed E-state index contributed by atoms with van der Waals surface area (Å²) in [4.78, 5) is 25.3. The molecule has 2 amide bonds. The molecule has 0 aliphatic heterocycles. The molecule has 150 valence electrons. The molecule has 0 saturated carbocycles. The highest BCUT2D eigenvalue weighted by molar-refractivity contribution is 6.07. The molecule has 2 aromatic carbocycles. The highest BCUT2D eigenvalue weighted by atomic mass is 16.2. The highest BCUT2D eigenvalue weighted by Crippen LogP contribution is 2.20. The van der Waals surface area contributed by atoms with Gasteiger partial charge >= 0.3 is 0 Å². The zero-order chi connectivity index (χ0) is 20.9. The molecule has 2 heterocycles. The number of nitrogens with zero attached hydrogens (tertiary/aromatic N) is 4. The van der Waals surface area contributed by atoms with E-state index in [1.54, 1.807) is 89.6 Å². The van der Waals surface area contributed by atoms with E-state index >= 15 is 0 Å². The summed E-state index contributed by atoms with van der Waals surface area (Å²) in [5.74, 6) is -0.472. The summed E-state index contributed by atoms with van der Waals surface area (Å²) >= 11 is 0. The van der Waals surface area contributed by atoms with E-state index in [0.29, 0.717) is 22.6 Å². The fraction of sp³-hybridized carbons (Fsp3) is 0.0909. The van der Waals surface area contributed by atoms with Crippen molar-refractivity contribution < 1.29 is 9.59 Å². The Morgan fingerprint density at radius 2 is 1.60 bits per heavy atom. The lowest BCUT2D eigenvalue weighted by atomic mass is 10.1. The average Bonchev–Trinajstić information content (AvgIpc) is 3.47. The molecule has 1 unspecified atom stereocenters. The topological polar surface area (TPSA) is 93.8 Å². The van der Waals surface area contributed by atoms with Crippen LogP contribution in [0, 0.1) is 0 Å². The van der Waals surface area contributed by atoms with E-state index < -0.39 is 6.04 Å². The maximum atomic E-state index is 12.9. The molecule has 0 aliphatic rings. The van der Waals surface area contributed by atoms with Gasteiger partial charge in [0.15, 0.2) is 0 Å². The maximum Gasteiger partial charge on any atom is 0.257 e. The SMILES string of the molecule is CC(C(=O)Nc1cccc(NC(=O)c2ccccc2-n2cccn2)c1)n1cccn1. The third-order valence-electron chi connectivity index (χ3n) is 4.59. The summed E-state index contributed by atoms with van der Waals surface area (Å²) in [7, 11) is 0. The molecule has 0 saturated heterocycles. The molecule has 0 aliphatic carbocycles. The minimum absolute atomic E-state index is 0.203. The predicted molar refractivity (Wildman–Crippen MR) is 114 cm³/mol. The van der Waals surface area contributed by atoms with E-state index in [-0.39, 0.29) is 11.8 Å². The molecule has 8 nitrogen and oxygen atoms in total. The number of carbonyl (C=O) groups excluding carboxylic acids is 2. The van der Waals surface area contributed by atoms with Gasteiger partial charge in [-0.3, -0.25) is 14.3 Å². The van der Waals surface area contributed by atoms with Crippen LogP contribution in [0.15, 0.2) is 85.5 Å². The Kier molecular flexibility index (Phi) is 5.38. The zero-order valence-corrected chi connectivity index (χ0v) is 16.3. The van der Waals surface area contributed by atoms with Gasteiger partial charge < -0.3 is 10.6 Å². The van der Waals surface area contributed by atoms with Gasteiger partial charge in [0.1, 0.15) is 6.04 Å². The number of para-hydroxylation sites is 1. The van der Waals surface area contributed by atoms with Crippen LogP contribution in [-0.2, 0) is 4.79 Å². The van der Waals surface area contributed by atoms with Crippen molar-refractivity contribution in [1.29, 1.82) is 0 Å². The number of amides is 2. The van der Waals surface area contributed by atoms with Crippen LogP contribution in [-0.4, -0.2) is 31.4 Å². The van der Waals surface area contributed by atoms with E-state index in [0.717, 1.165) is 0 Å². The van der Waals surface area contributed by atoms with Crippen LogP contribution in [0.5, 0.6) is 0 Å². The predicted octanol–water partition coefficient (Wildman–Crippen LogP) is 3.52. The van der Waals surface area contributed by atoms with Gasteiger partial charge in [0, 0.05) is 36.2 Å². The summed E-state index contributed by atoms with van der Waals surface area (Å²) in [5, 5.41) is 14.0. The Balaban J connectivity index is 1.49. The molecular weight excluding hydrogens is 380 g/mol. The van der Waals surface area contributed by atoms with Crippen LogP contribution >= 0.6 is 0 Å². The molecule has 0 spiro atoms. The molecule has 0 radical (unpaired) electrons. The molecule has 0 bridgehead atoms. The minimum atomic E-state index is -0.459. The van der Waals surface area contributed by atoms with Crippen LogP contribution in [0.2, 0.25) is 0 Å². The van der Waals surface area contributed by atoms with E-state index in [1.165, 1.54) is 0 Å². The van der Waals surface area contributed by atoms with E-state index in [9.17, 15) is 9.59 Å². The highest BCUT2D eigenvalue weighted by Gasteiger charge is 2.16. The fourth-order valence-corrected chi connectivity index (χ4v) is 3.03. The first-order valence-corrected chi connectivity index (χ1v) is 9.42. The number of hydrogen-bond donors (Lipinski definition) is 2. The molecular formula is C22H20N6O2. The number of anilines is 2. The molecule has 4 rings (SSSR count). The lowest BCUT2D eigenvalue weighted by molar-refractivity contribution is -0.119. The minimum Gasteiger partial charge on any atom is -0.324 e. The Morgan fingerprint density at radius 1 is 0.867 bits per heavy atom. The summed E-state index contributed by atoms with van der Waals surface area (Å²) in [6, 6.07) is 17.3. The van der Waals surface area contributed by atoms with Crippen molar-refractivity contribution >= 4 is 23.2 Å². The lowest BCUT2D eigenvalue weighted by Gasteiger charge is -2.14. The van der Waals surface area contributed by atoms with Crippen molar-refractivity contribution in [3.05, 3.63) is 91.0 Å². The van der Waals surface area contributed by atoms with Crippen molar-refractivity contribution in [3.63, 3.8) is 0 Å². The summed E-state index contributed by atoms with van der Waals surface area (Å²) in [6.45, 7) is 1.76. The van der Waals surface area contributed by atoms with Crippen LogP contribution in [0.1, 0.15) is 23.3 Å². The van der Waals surface area contributed by atoms with Gasteiger partial charge in [-0.05, 0) is 49.4 Å². The van der Waals surface area contributed by atoms with Crippen molar-refractivity contribution in [2.75, 3.05) is 10.6 Å². The van der Waals surface area contributed by atoms with Crippen molar-refractivity contribution in [2.24, 2.45) is 0 Å². The third-order valence-corrected chi connectivity index (χ3v) is 4.59. The maximum absolute atomic E-state index is 12.9. The van der Waals surface area contributed by atoms with Gasteiger partial charge in [-0.1, -0.05) is 18.2 Å². The lowest BCUT2D eigenvalue weighted by Crippen LogP contribution is -2.24. The molecule has 8 heteroatoms.